The Morgan fingerprint density at radius 3 is 2.60 bits per heavy atom. The van der Waals surface area contributed by atoms with Crippen molar-refractivity contribution in [2.24, 2.45) is 11.7 Å². The molecule has 1 rings (SSSR count). The minimum atomic E-state index is -0.786. The lowest BCUT2D eigenvalue weighted by Crippen LogP contribution is -2.32. The highest BCUT2D eigenvalue weighted by Crippen LogP contribution is 2.11. The van der Waals surface area contributed by atoms with Crippen LogP contribution in [0, 0.1) is 5.92 Å². The number of aliphatic carboxylic acids is 1. The largest absolute Gasteiger partial charge is 0.481 e. The second-order valence-electron chi connectivity index (χ2n) is 5.01. The molecule has 2 unspecified atom stereocenters. The number of hydrogen-bond donors (Lipinski definition) is 3. The van der Waals surface area contributed by atoms with E-state index in [4.69, 9.17) is 15.3 Å². The maximum Gasteiger partial charge on any atom is 0.306 e. The van der Waals surface area contributed by atoms with E-state index < -0.39 is 5.97 Å². The molecule has 0 aliphatic heterocycles. The van der Waals surface area contributed by atoms with E-state index in [0.29, 0.717) is 12.2 Å². The van der Waals surface area contributed by atoms with Crippen molar-refractivity contribution in [3.8, 4) is 0 Å². The summed E-state index contributed by atoms with van der Waals surface area (Å²) < 4.78 is 5.25. The van der Waals surface area contributed by atoms with Crippen molar-refractivity contribution in [1.82, 2.24) is 5.32 Å². The van der Waals surface area contributed by atoms with Gasteiger partial charge < -0.3 is 20.6 Å². The Labute approximate surface area is 118 Å². The zero-order valence-corrected chi connectivity index (χ0v) is 11.9. The Bertz CT molecular complexity index is 456. The summed E-state index contributed by atoms with van der Waals surface area (Å²) in [6.45, 7) is 3.83. The molecule has 0 aromatic carbocycles. The molecule has 0 saturated heterocycles. The molecule has 1 aromatic rings. The Morgan fingerprint density at radius 2 is 2.05 bits per heavy atom. The van der Waals surface area contributed by atoms with Crippen molar-refractivity contribution in [2.45, 2.75) is 45.7 Å². The van der Waals surface area contributed by atoms with Crippen molar-refractivity contribution in [1.29, 1.82) is 0 Å². The monoisotopic (exact) mass is 282 g/mol. The molecule has 1 heterocycles. The zero-order valence-electron chi connectivity index (χ0n) is 11.9. The van der Waals surface area contributed by atoms with E-state index in [1.165, 1.54) is 0 Å². The van der Waals surface area contributed by atoms with E-state index in [2.05, 4.69) is 5.32 Å². The number of rotatable bonds is 8. The summed E-state index contributed by atoms with van der Waals surface area (Å²) in [5.74, 6) is -0.598. The molecule has 0 spiro atoms. The predicted octanol–water partition coefficient (Wildman–Crippen LogP) is 1.75. The van der Waals surface area contributed by atoms with Gasteiger partial charge in [0.15, 0.2) is 5.76 Å². The van der Waals surface area contributed by atoms with Crippen molar-refractivity contribution in [3.05, 3.63) is 23.7 Å². The maximum atomic E-state index is 11.8. The van der Waals surface area contributed by atoms with Crippen LogP contribution in [0.3, 0.4) is 0 Å². The highest BCUT2D eigenvalue weighted by molar-refractivity contribution is 5.91. The summed E-state index contributed by atoms with van der Waals surface area (Å²) in [4.78, 5) is 22.5. The molecule has 20 heavy (non-hydrogen) atoms. The van der Waals surface area contributed by atoms with Gasteiger partial charge in [0.2, 0.25) is 0 Å². The summed E-state index contributed by atoms with van der Waals surface area (Å²) in [5.41, 5.74) is 5.41. The van der Waals surface area contributed by atoms with Gasteiger partial charge in [0, 0.05) is 6.04 Å². The fourth-order valence-electron chi connectivity index (χ4n) is 1.83. The lowest BCUT2D eigenvalue weighted by molar-refractivity contribution is -0.141. The van der Waals surface area contributed by atoms with Crippen LogP contribution >= 0.6 is 0 Å². The molecule has 112 valence electrons. The molecule has 6 heteroatoms. The van der Waals surface area contributed by atoms with E-state index in [1.807, 2.05) is 6.92 Å². The number of carbonyl (C=O) groups excluding carboxylic acids is 1. The van der Waals surface area contributed by atoms with Crippen LogP contribution in [0.15, 0.2) is 16.5 Å². The third-order valence-electron chi connectivity index (χ3n) is 3.16. The van der Waals surface area contributed by atoms with Crippen LogP contribution in [-0.2, 0) is 11.3 Å². The van der Waals surface area contributed by atoms with Crippen LogP contribution in [-0.4, -0.2) is 23.0 Å². The molecule has 1 amide bonds. The number of nitrogens with one attached hydrogen (secondary N) is 1. The van der Waals surface area contributed by atoms with Crippen LogP contribution in [0.25, 0.3) is 0 Å². The van der Waals surface area contributed by atoms with Crippen molar-refractivity contribution >= 4 is 11.9 Å². The number of amides is 1. The molecule has 0 fully saturated rings. The summed E-state index contributed by atoms with van der Waals surface area (Å²) in [6.07, 6.45) is 2.09. The normalized spacial score (nSPS) is 13.8. The van der Waals surface area contributed by atoms with Gasteiger partial charge in [-0.2, -0.15) is 0 Å². The van der Waals surface area contributed by atoms with Crippen LogP contribution in [0.1, 0.15) is 49.4 Å². The van der Waals surface area contributed by atoms with E-state index >= 15 is 0 Å². The van der Waals surface area contributed by atoms with Crippen LogP contribution in [0.5, 0.6) is 0 Å². The van der Waals surface area contributed by atoms with Crippen LogP contribution < -0.4 is 11.1 Å². The Hall–Kier alpha value is -1.82. The first-order chi connectivity index (χ1) is 9.43. The molecular weight excluding hydrogens is 260 g/mol. The topological polar surface area (TPSA) is 106 Å². The van der Waals surface area contributed by atoms with E-state index in [0.717, 1.165) is 12.8 Å². The first kappa shape index (κ1) is 16.2. The van der Waals surface area contributed by atoms with Gasteiger partial charge >= 0.3 is 5.97 Å². The van der Waals surface area contributed by atoms with E-state index in [-0.39, 0.29) is 30.2 Å². The van der Waals surface area contributed by atoms with Gasteiger partial charge in [-0.15, -0.1) is 0 Å². The highest BCUT2D eigenvalue weighted by atomic mass is 16.4. The van der Waals surface area contributed by atoms with Crippen LogP contribution in [0.4, 0.5) is 0 Å². The van der Waals surface area contributed by atoms with Gasteiger partial charge in [-0.25, -0.2) is 0 Å². The molecule has 0 aliphatic carbocycles. The standard InChI is InChI=1S/C14H22N2O4/c1-9(14(18)19)4-3-5-10(2)16-13(17)12-7-6-11(8-15)20-12/h6-7,9-10H,3-5,8,15H2,1-2H3,(H,16,17)(H,18,19). The molecular formula is C14H22N2O4. The van der Waals surface area contributed by atoms with Crippen molar-refractivity contribution in [2.75, 3.05) is 0 Å². The van der Waals surface area contributed by atoms with Crippen molar-refractivity contribution < 1.29 is 19.1 Å². The molecule has 0 aliphatic rings. The maximum absolute atomic E-state index is 11.8. The number of carboxylic acid groups (broad SMARTS) is 1. The lowest BCUT2D eigenvalue weighted by Gasteiger charge is -2.13. The predicted molar refractivity (Wildman–Crippen MR) is 74.2 cm³/mol. The first-order valence-corrected chi connectivity index (χ1v) is 6.76. The minimum Gasteiger partial charge on any atom is -0.481 e. The average Bonchev–Trinajstić information content (AvgIpc) is 2.87. The fourth-order valence-corrected chi connectivity index (χ4v) is 1.83. The van der Waals surface area contributed by atoms with Gasteiger partial charge in [0.1, 0.15) is 5.76 Å². The SMILES string of the molecule is CC(CCCC(C)C(=O)O)NC(=O)c1ccc(CN)o1. The summed E-state index contributed by atoms with van der Waals surface area (Å²) in [5, 5.41) is 11.6. The Morgan fingerprint density at radius 1 is 1.35 bits per heavy atom. The van der Waals surface area contributed by atoms with E-state index in [9.17, 15) is 9.59 Å². The molecule has 2 atom stereocenters. The third kappa shape index (κ3) is 5.05. The fraction of sp³-hybridized carbons (Fsp3) is 0.571. The van der Waals surface area contributed by atoms with E-state index in [1.54, 1.807) is 19.1 Å². The Kier molecular flexibility index (Phi) is 6.24. The quantitative estimate of drug-likeness (QED) is 0.673. The van der Waals surface area contributed by atoms with Gasteiger partial charge in [-0.1, -0.05) is 13.3 Å². The van der Waals surface area contributed by atoms with Crippen LogP contribution in [0.2, 0.25) is 0 Å². The summed E-state index contributed by atoms with van der Waals surface area (Å²) in [7, 11) is 0. The Balaban J connectivity index is 2.33. The highest BCUT2D eigenvalue weighted by Gasteiger charge is 2.15. The first-order valence-electron chi connectivity index (χ1n) is 6.76. The second-order valence-corrected chi connectivity index (χ2v) is 5.01. The third-order valence-corrected chi connectivity index (χ3v) is 3.16. The summed E-state index contributed by atoms with van der Waals surface area (Å²) >= 11 is 0. The second kappa shape index (κ2) is 7.69. The number of hydrogen-bond acceptors (Lipinski definition) is 4. The number of nitrogens with two attached hydrogens (primary N) is 1. The van der Waals surface area contributed by atoms with Gasteiger partial charge in [-0.05, 0) is 31.9 Å². The smallest absolute Gasteiger partial charge is 0.306 e. The van der Waals surface area contributed by atoms with Gasteiger partial charge in [0.05, 0.1) is 12.5 Å². The molecule has 1 aromatic heterocycles. The number of furan rings is 1. The number of carbonyl (C=O) groups is 2. The number of carboxylic acids is 1. The zero-order chi connectivity index (χ0) is 15.1. The minimum absolute atomic E-state index is 0.0325. The molecule has 0 radical (unpaired) electrons. The average molecular weight is 282 g/mol. The molecule has 0 bridgehead atoms. The lowest BCUT2D eigenvalue weighted by atomic mass is 10.0. The molecule has 0 saturated carbocycles. The van der Waals surface area contributed by atoms with Crippen molar-refractivity contribution in [3.63, 3.8) is 0 Å². The summed E-state index contributed by atoms with van der Waals surface area (Å²) in [6, 6.07) is 3.24. The van der Waals surface area contributed by atoms with Gasteiger partial charge in [-0.3, -0.25) is 9.59 Å². The molecule has 4 N–H and O–H groups in total. The molecule has 6 nitrogen and oxygen atoms in total. The van der Waals surface area contributed by atoms with Gasteiger partial charge in [0.25, 0.3) is 5.91 Å².